The van der Waals surface area contributed by atoms with E-state index in [0.29, 0.717) is 50.9 Å². The van der Waals surface area contributed by atoms with E-state index in [-0.39, 0.29) is 36.3 Å². The van der Waals surface area contributed by atoms with Crippen molar-refractivity contribution < 1.29 is 24.1 Å². The standard InChI is InChI=1S/C29H26N4O6/c1-4-29(36)20-12-22-24-16(13-33(22)27(34)19(20)14-39-28(29)35)11-18-21(31-24)9-10-23(38-3)25(18)32-26(30)15-5-7-17(37-2)8-6-15/h5-12,36H,4,13-14H2,1-3H3,(H2,30,32)/t29-/m0/s1. The second kappa shape index (κ2) is 8.95. The van der Waals surface area contributed by atoms with Gasteiger partial charge >= 0.3 is 5.97 Å². The predicted molar refractivity (Wildman–Crippen MR) is 144 cm³/mol. The smallest absolute Gasteiger partial charge is 0.343 e. The highest BCUT2D eigenvalue weighted by molar-refractivity contribution is 6.04. The fourth-order valence-electron chi connectivity index (χ4n) is 5.24. The van der Waals surface area contributed by atoms with Gasteiger partial charge in [-0.3, -0.25) is 4.79 Å². The molecule has 0 spiro atoms. The van der Waals surface area contributed by atoms with Crippen molar-refractivity contribution in [2.75, 3.05) is 14.2 Å². The Labute approximate surface area is 223 Å². The Morgan fingerprint density at radius 1 is 1.15 bits per heavy atom. The fraction of sp³-hybridized carbons (Fsp3) is 0.241. The zero-order valence-corrected chi connectivity index (χ0v) is 21.6. The number of esters is 1. The van der Waals surface area contributed by atoms with Crippen molar-refractivity contribution in [2.45, 2.75) is 32.1 Å². The van der Waals surface area contributed by atoms with Crippen LogP contribution in [0, 0.1) is 0 Å². The minimum absolute atomic E-state index is 0.0799. The molecule has 0 bridgehead atoms. The second-order valence-corrected chi connectivity index (χ2v) is 9.51. The summed E-state index contributed by atoms with van der Waals surface area (Å²) in [5.74, 6) is 0.765. The van der Waals surface area contributed by atoms with Gasteiger partial charge in [0.1, 0.15) is 29.6 Å². The van der Waals surface area contributed by atoms with Gasteiger partial charge in [-0.25, -0.2) is 14.8 Å². The highest BCUT2D eigenvalue weighted by Crippen LogP contribution is 2.41. The van der Waals surface area contributed by atoms with Crippen LogP contribution in [-0.2, 0) is 28.3 Å². The topological polar surface area (TPSA) is 138 Å². The van der Waals surface area contributed by atoms with Gasteiger partial charge < -0.3 is 29.6 Å². The molecule has 2 aromatic carbocycles. The number of cyclic esters (lactones) is 1. The van der Waals surface area contributed by atoms with Crippen molar-refractivity contribution in [3.63, 3.8) is 0 Å². The number of aliphatic hydroxyl groups is 1. The largest absolute Gasteiger partial charge is 0.497 e. The van der Waals surface area contributed by atoms with Crippen LogP contribution in [0.1, 0.15) is 35.6 Å². The summed E-state index contributed by atoms with van der Waals surface area (Å²) in [5, 5.41) is 11.8. The number of carbonyl (C=O) groups excluding carboxylic acids is 1. The minimum atomic E-state index is -1.88. The Hall–Kier alpha value is -4.70. The van der Waals surface area contributed by atoms with E-state index >= 15 is 0 Å². The summed E-state index contributed by atoms with van der Waals surface area (Å²) < 4.78 is 17.6. The molecule has 0 saturated carbocycles. The second-order valence-electron chi connectivity index (χ2n) is 9.51. The molecular weight excluding hydrogens is 500 g/mol. The number of methoxy groups -OCH3 is 2. The molecule has 0 radical (unpaired) electrons. The van der Waals surface area contributed by atoms with Crippen molar-refractivity contribution in [1.82, 2.24) is 9.55 Å². The van der Waals surface area contributed by atoms with Crippen LogP contribution in [0.15, 0.2) is 58.3 Å². The lowest BCUT2D eigenvalue weighted by Crippen LogP contribution is -2.44. The van der Waals surface area contributed by atoms with Crippen molar-refractivity contribution in [3.8, 4) is 22.9 Å². The SMILES string of the molecule is CC[C@@]1(O)C(=O)OCc2c1cc1n(c2=O)Cc2cc3c(N=C(N)c4ccc(OC)cc4)c(OC)ccc3nc2-1. The molecule has 10 nitrogen and oxygen atoms in total. The normalized spacial score (nSPS) is 17.8. The predicted octanol–water partition coefficient (Wildman–Crippen LogP) is 3.13. The number of carbonyl (C=O) groups is 1. The molecule has 6 rings (SSSR count). The molecule has 2 aromatic heterocycles. The van der Waals surface area contributed by atoms with E-state index in [9.17, 15) is 14.7 Å². The van der Waals surface area contributed by atoms with Crippen LogP contribution in [0.5, 0.6) is 11.5 Å². The van der Waals surface area contributed by atoms with Crippen molar-refractivity contribution in [2.24, 2.45) is 10.7 Å². The quantitative estimate of drug-likeness (QED) is 0.202. The molecule has 0 saturated heterocycles. The van der Waals surface area contributed by atoms with Crippen LogP contribution in [-0.4, -0.2) is 40.7 Å². The van der Waals surface area contributed by atoms with Crippen LogP contribution in [0.25, 0.3) is 22.3 Å². The summed E-state index contributed by atoms with van der Waals surface area (Å²) in [6, 6.07) is 14.5. The number of hydrogen-bond donors (Lipinski definition) is 2. The maximum atomic E-state index is 13.5. The molecule has 39 heavy (non-hydrogen) atoms. The lowest BCUT2D eigenvalue weighted by molar-refractivity contribution is -0.172. The fourth-order valence-corrected chi connectivity index (χ4v) is 5.24. The number of aliphatic imine (C=N–C) groups is 1. The first-order chi connectivity index (χ1) is 18.8. The number of pyridine rings is 2. The Balaban J connectivity index is 1.51. The highest BCUT2D eigenvalue weighted by atomic mass is 16.6. The number of fused-ring (bicyclic) bond motifs is 5. The summed E-state index contributed by atoms with van der Waals surface area (Å²) in [5.41, 5.74) is 8.53. The van der Waals surface area contributed by atoms with Crippen molar-refractivity contribution in [1.29, 1.82) is 0 Å². The summed E-state index contributed by atoms with van der Waals surface area (Å²) in [7, 11) is 3.15. The molecule has 4 heterocycles. The van der Waals surface area contributed by atoms with Crippen LogP contribution < -0.4 is 20.8 Å². The highest BCUT2D eigenvalue weighted by Gasteiger charge is 2.45. The zero-order valence-electron chi connectivity index (χ0n) is 21.6. The molecule has 0 fully saturated rings. The summed E-state index contributed by atoms with van der Waals surface area (Å²) in [6.07, 6.45) is 0.0799. The average Bonchev–Trinajstić information content (AvgIpc) is 3.32. The molecule has 198 valence electrons. The maximum absolute atomic E-state index is 13.5. The Morgan fingerprint density at radius 3 is 2.62 bits per heavy atom. The van der Waals surface area contributed by atoms with Gasteiger partial charge in [-0.15, -0.1) is 0 Å². The van der Waals surface area contributed by atoms with E-state index in [4.69, 9.17) is 29.9 Å². The number of benzene rings is 2. The first-order valence-electron chi connectivity index (χ1n) is 12.5. The van der Waals surface area contributed by atoms with E-state index in [1.54, 1.807) is 50.0 Å². The van der Waals surface area contributed by atoms with Gasteiger partial charge in [0.25, 0.3) is 5.56 Å². The molecule has 0 unspecified atom stereocenters. The molecule has 0 aliphatic carbocycles. The van der Waals surface area contributed by atoms with E-state index in [1.165, 1.54) is 0 Å². The third-order valence-corrected chi connectivity index (χ3v) is 7.46. The first kappa shape index (κ1) is 24.6. The Morgan fingerprint density at radius 2 is 1.92 bits per heavy atom. The van der Waals surface area contributed by atoms with Gasteiger partial charge in [0.05, 0.1) is 43.2 Å². The number of nitrogens with two attached hydrogens (primary N) is 1. The monoisotopic (exact) mass is 526 g/mol. The number of rotatable bonds is 5. The van der Waals surface area contributed by atoms with Gasteiger partial charge in [0.15, 0.2) is 5.60 Å². The van der Waals surface area contributed by atoms with Crippen LogP contribution >= 0.6 is 0 Å². The molecule has 2 aliphatic rings. The van der Waals surface area contributed by atoms with Gasteiger partial charge in [-0.05, 0) is 55.0 Å². The number of ether oxygens (including phenoxy) is 3. The van der Waals surface area contributed by atoms with Gasteiger partial charge in [0, 0.05) is 22.1 Å². The van der Waals surface area contributed by atoms with E-state index < -0.39 is 11.6 Å². The molecule has 4 aromatic rings. The van der Waals surface area contributed by atoms with Gasteiger partial charge in [-0.1, -0.05) is 6.92 Å². The lowest BCUT2D eigenvalue weighted by Gasteiger charge is -2.31. The zero-order chi connectivity index (χ0) is 27.5. The third kappa shape index (κ3) is 3.67. The lowest BCUT2D eigenvalue weighted by atomic mass is 9.86. The Bertz CT molecular complexity index is 1760. The number of aromatic nitrogens is 2. The number of nitrogens with zero attached hydrogens (tertiary/aromatic N) is 3. The summed E-state index contributed by atoms with van der Waals surface area (Å²) in [4.78, 5) is 35.5. The molecule has 1 atom stereocenters. The molecule has 10 heteroatoms. The van der Waals surface area contributed by atoms with E-state index in [1.807, 2.05) is 24.3 Å². The molecule has 0 amide bonds. The van der Waals surface area contributed by atoms with Crippen LogP contribution in [0.3, 0.4) is 0 Å². The summed E-state index contributed by atoms with van der Waals surface area (Å²) in [6.45, 7) is 1.77. The molecule has 2 aliphatic heterocycles. The summed E-state index contributed by atoms with van der Waals surface area (Å²) >= 11 is 0. The van der Waals surface area contributed by atoms with Crippen molar-refractivity contribution >= 4 is 28.4 Å². The third-order valence-electron chi connectivity index (χ3n) is 7.46. The minimum Gasteiger partial charge on any atom is -0.497 e. The Kier molecular flexibility index (Phi) is 5.65. The van der Waals surface area contributed by atoms with Crippen molar-refractivity contribution in [3.05, 3.63) is 81.1 Å². The number of hydrogen-bond acceptors (Lipinski definition) is 8. The molecule has 3 N–H and O–H groups in total. The van der Waals surface area contributed by atoms with E-state index in [2.05, 4.69) is 0 Å². The average molecular weight is 527 g/mol. The van der Waals surface area contributed by atoms with Gasteiger partial charge in [0.2, 0.25) is 0 Å². The van der Waals surface area contributed by atoms with Crippen LogP contribution in [0.4, 0.5) is 5.69 Å². The number of amidine groups is 1. The molecular formula is C29H26N4O6. The van der Waals surface area contributed by atoms with Gasteiger partial charge in [-0.2, -0.15) is 0 Å². The van der Waals surface area contributed by atoms with E-state index in [0.717, 1.165) is 5.56 Å². The van der Waals surface area contributed by atoms with Crippen LogP contribution in [0.2, 0.25) is 0 Å². The maximum Gasteiger partial charge on any atom is 0.343 e. The first-order valence-corrected chi connectivity index (χ1v) is 12.5.